The third-order valence-electron chi connectivity index (χ3n) is 2.54. The highest BCUT2D eigenvalue weighted by molar-refractivity contribution is 7.99. The van der Waals surface area contributed by atoms with E-state index in [9.17, 15) is 4.79 Å². The van der Waals surface area contributed by atoms with E-state index in [0.717, 1.165) is 4.90 Å². The van der Waals surface area contributed by atoms with Crippen molar-refractivity contribution in [3.05, 3.63) is 53.5 Å². The first-order chi connectivity index (χ1) is 8.56. The van der Waals surface area contributed by atoms with E-state index in [-0.39, 0.29) is 11.0 Å². The molecule has 0 spiro atoms. The van der Waals surface area contributed by atoms with Gasteiger partial charge in [0.2, 0.25) is 5.76 Å². The molecule has 0 radical (unpaired) electrons. The number of hydrogen-bond donors (Lipinski definition) is 1. The molecule has 2 aromatic rings. The Balaban J connectivity index is 2.11. The standard InChI is InChI=1S/C14H14O3S/c1-9-4-3-5-11(8-9)18-10(2)12-6-7-13(17-12)14(15)16/h3-8,10H,1-2H3,(H,15,16). The van der Waals surface area contributed by atoms with Crippen molar-refractivity contribution in [2.75, 3.05) is 0 Å². The highest BCUT2D eigenvalue weighted by Crippen LogP contribution is 2.35. The van der Waals surface area contributed by atoms with Crippen LogP contribution in [0.25, 0.3) is 0 Å². The Morgan fingerprint density at radius 3 is 2.72 bits per heavy atom. The number of aryl methyl sites for hydroxylation is 1. The molecule has 0 bridgehead atoms. The summed E-state index contributed by atoms with van der Waals surface area (Å²) < 4.78 is 5.29. The molecule has 4 heteroatoms. The second-order valence-electron chi connectivity index (χ2n) is 4.08. The Hall–Kier alpha value is -1.68. The predicted octanol–water partition coefficient (Wildman–Crippen LogP) is 4.14. The molecule has 3 nitrogen and oxygen atoms in total. The Morgan fingerprint density at radius 2 is 2.11 bits per heavy atom. The molecule has 0 fully saturated rings. The highest BCUT2D eigenvalue weighted by atomic mass is 32.2. The summed E-state index contributed by atoms with van der Waals surface area (Å²) in [5, 5.41) is 8.89. The number of carboxylic acid groups (broad SMARTS) is 1. The van der Waals surface area contributed by atoms with Crippen molar-refractivity contribution in [1.29, 1.82) is 0 Å². The minimum atomic E-state index is -1.03. The first-order valence-corrected chi connectivity index (χ1v) is 6.50. The minimum absolute atomic E-state index is 0.0123. The summed E-state index contributed by atoms with van der Waals surface area (Å²) >= 11 is 1.65. The summed E-state index contributed by atoms with van der Waals surface area (Å²) in [6, 6.07) is 11.4. The molecule has 18 heavy (non-hydrogen) atoms. The molecule has 0 amide bonds. The SMILES string of the molecule is Cc1cccc(SC(C)c2ccc(C(=O)O)o2)c1. The number of rotatable bonds is 4. The molecule has 0 aliphatic heterocycles. The zero-order chi connectivity index (χ0) is 13.1. The van der Waals surface area contributed by atoms with Gasteiger partial charge in [-0.1, -0.05) is 17.7 Å². The number of thioether (sulfide) groups is 1. The Kier molecular flexibility index (Phi) is 3.77. The number of hydrogen-bond acceptors (Lipinski definition) is 3. The van der Waals surface area contributed by atoms with Crippen LogP contribution in [0.1, 0.15) is 34.1 Å². The largest absolute Gasteiger partial charge is 0.475 e. The van der Waals surface area contributed by atoms with Gasteiger partial charge in [0.05, 0.1) is 5.25 Å². The van der Waals surface area contributed by atoms with Crippen molar-refractivity contribution in [2.45, 2.75) is 24.0 Å². The van der Waals surface area contributed by atoms with E-state index in [1.165, 1.54) is 11.6 Å². The predicted molar refractivity (Wildman–Crippen MR) is 71.1 cm³/mol. The Morgan fingerprint density at radius 1 is 1.33 bits per heavy atom. The molecule has 1 unspecified atom stereocenters. The molecule has 1 heterocycles. The molecule has 1 aromatic heterocycles. The molecule has 1 N–H and O–H groups in total. The maximum atomic E-state index is 10.7. The van der Waals surface area contributed by atoms with Crippen LogP contribution in [0.15, 0.2) is 45.7 Å². The van der Waals surface area contributed by atoms with Gasteiger partial charge in [0, 0.05) is 4.90 Å². The van der Waals surface area contributed by atoms with Gasteiger partial charge in [-0.15, -0.1) is 11.8 Å². The fourth-order valence-electron chi connectivity index (χ4n) is 1.64. The van der Waals surface area contributed by atoms with E-state index in [2.05, 4.69) is 6.07 Å². The van der Waals surface area contributed by atoms with Crippen LogP contribution in [0.3, 0.4) is 0 Å². The van der Waals surface area contributed by atoms with Crippen LogP contribution in [0.2, 0.25) is 0 Å². The summed E-state index contributed by atoms with van der Waals surface area (Å²) in [6.07, 6.45) is 0. The van der Waals surface area contributed by atoms with E-state index in [4.69, 9.17) is 9.52 Å². The molecule has 0 saturated heterocycles. The average molecular weight is 262 g/mol. The number of benzene rings is 1. The summed E-state index contributed by atoms with van der Waals surface area (Å²) in [5.74, 6) is -0.366. The molecule has 94 valence electrons. The van der Waals surface area contributed by atoms with E-state index in [1.54, 1.807) is 17.8 Å². The third-order valence-corrected chi connectivity index (χ3v) is 3.65. The van der Waals surface area contributed by atoms with Gasteiger partial charge in [-0.3, -0.25) is 0 Å². The summed E-state index contributed by atoms with van der Waals surface area (Å²) in [4.78, 5) is 11.9. The molecule has 2 rings (SSSR count). The summed E-state index contributed by atoms with van der Waals surface area (Å²) in [5.41, 5.74) is 1.21. The fraction of sp³-hybridized carbons (Fsp3) is 0.214. The van der Waals surface area contributed by atoms with Crippen molar-refractivity contribution in [3.63, 3.8) is 0 Å². The van der Waals surface area contributed by atoms with Crippen molar-refractivity contribution in [2.24, 2.45) is 0 Å². The lowest BCUT2D eigenvalue weighted by molar-refractivity contribution is 0.0660. The maximum absolute atomic E-state index is 10.7. The smallest absolute Gasteiger partial charge is 0.371 e. The third kappa shape index (κ3) is 2.96. The number of aromatic carboxylic acids is 1. The maximum Gasteiger partial charge on any atom is 0.371 e. The van der Waals surface area contributed by atoms with Gasteiger partial charge in [-0.25, -0.2) is 4.79 Å². The second kappa shape index (κ2) is 5.31. The zero-order valence-corrected chi connectivity index (χ0v) is 11.0. The number of furan rings is 1. The first-order valence-electron chi connectivity index (χ1n) is 5.62. The fourth-order valence-corrected chi connectivity index (χ4v) is 2.70. The highest BCUT2D eigenvalue weighted by Gasteiger charge is 2.15. The first kappa shape index (κ1) is 12.8. The van der Waals surface area contributed by atoms with Gasteiger partial charge in [-0.05, 0) is 38.1 Å². The van der Waals surface area contributed by atoms with Crippen molar-refractivity contribution in [1.82, 2.24) is 0 Å². The molecular formula is C14H14O3S. The van der Waals surface area contributed by atoms with Crippen LogP contribution in [0.5, 0.6) is 0 Å². The lowest BCUT2D eigenvalue weighted by Crippen LogP contribution is -1.92. The van der Waals surface area contributed by atoms with Crippen LogP contribution < -0.4 is 0 Å². The average Bonchev–Trinajstić information content (AvgIpc) is 2.78. The van der Waals surface area contributed by atoms with Crippen molar-refractivity contribution in [3.8, 4) is 0 Å². The van der Waals surface area contributed by atoms with Gasteiger partial charge >= 0.3 is 5.97 Å². The Labute approximate surface area is 110 Å². The van der Waals surface area contributed by atoms with Gasteiger partial charge < -0.3 is 9.52 Å². The van der Waals surface area contributed by atoms with E-state index < -0.39 is 5.97 Å². The number of carboxylic acids is 1. The molecule has 1 aromatic carbocycles. The Bertz CT molecular complexity index is 560. The minimum Gasteiger partial charge on any atom is -0.475 e. The van der Waals surface area contributed by atoms with Crippen LogP contribution in [0.4, 0.5) is 0 Å². The topological polar surface area (TPSA) is 50.4 Å². The lowest BCUT2D eigenvalue weighted by atomic mass is 10.2. The van der Waals surface area contributed by atoms with Gasteiger partial charge in [0.1, 0.15) is 5.76 Å². The molecule has 0 aliphatic rings. The summed E-state index contributed by atoms with van der Waals surface area (Å²) in [6.45, 7) is 4.04. The molecule has 0 aliphatic carbocycles. The molecular weight excluding hydrogens is 248 g/mol. The van der Waals surface area contributed by atoms with E-state index in [0.29, 0.717) is 5.76 Å². The van der Waals surface area contributed by atoms with Crippen molar-refractivity contribution >= 4 is 17.7 Å². The molecule has 1 atom stereocenters. The van der Waals surface area contributed by atoms with Gasteiger partial charge in [0.15, 0.2) is 0 Å². The van der Waals surface area contributed by atoms with Crippen LogP contribution >= 0.6 is 11.8 Å². The van der Waals surface area contributed by atoms with Crippen LogP contribution in [0, 0.1) is 6.92 Å². The lowest BCUT2D eigenvalue weighted by Gasteiger charge is -2.08. The zero-order valence-electron chi connectivity index (χ0n) is 10.2. The molecule has 0 saturated carbocycles. The van der Waals surface area contributed by atoms with Gasteiger partial charge in [-0.2, -0.15) is 0 Å². The van der Waals surface area contributed by atoms with Crippen molar-refractivity contribution < 1.29 is 14.3 Å². The normalized spacial score (nSPS) is 12.3. The number of carbonyl (C=O) groups is 1. The van der Waals surface area contributed by atoms with E-state index >= 15 is 0 Å². The van der Waals surface area contributed by atoms with E-state index in [1.807, 2.05) is 32.0 Å². The van der Waals surface area contributed by atoms with Gasteiger partial charge in [0.25, 0.3) is 0 Å². The quantitative estimate of drug-likeness (QED) is 0.841. The van der Waals surface area contributed by atoms with Crippen LogP contribution in [-0.2, 0) is 0 Å². The second-order valence-corrected chi connectivity index (χ2v) is 5.50. The monoisotopic (exact) mass is 262 g/mol. The van der Waals surface area contributed by atoms with Crippen LogP contribution in [-0.4, -0.2) is 11.1 Å². The summed E-state index contributed by atoms with van der Waals surface area (Å²) in [7, 11) is 0.